The smallest absolute Gasteiger partial charge is 0.328 e. The predicted octanol–water partition coefficient (Wildman–Crippen LogP) is 2.53. The summed E-state index contributed by atoms with van der Waals surface area (Å²) in [4.78, 5) is 12.8. The van der Waals surface area contributed by atoms with Crippen LogP contribution in [0.15, 0.2) is 24.3 Å². The number of hydrogen-bond acceptors (Lipinski definition) is 4. The molecule has 5 nitrogen and oxygen atoms in total. The Morgan fingerprint density at radius 2 is 2.29 bits per heavy atom. The molecule has 0 saturated carbocycles. The highest BCUT2D eigenvalue weighted by Crippen LogP contribution is 2.22. The molecule has 21 heavy (non-hydrogen) atoms. The highest BCUT2D eigenvalue weighted by atomic mass is 16.5. The van der Waals surface area contributed by atoms with Gasteiger partial charge in [-0.2, -0.15) is 5.26 Å². The van der Waals surface area contributed by atoms with E-state index >= 15 is 0 Å². The number of carboxylic acid groups (broad SMARTS) is 1. The van der Waals surface area contributed by atoms with Crippen LogP contribution in [0.5, 0.6) is 5.75 Å². The number of ether oxygens (including phenoxy) is 1. The molecule has 0 aliphatic rings. The van der Waals surface area contributed by atoms with Crippen molar-refractivity contribution in [2.75, 3.05) is 20.2 Å². The minimum Gasteiger partial charge on any atom is -0.496 e. The molecule has 0 saturated heterocycles. The number of carbonyl (C=O) groups is 1. The number of nitriles is 1. The largest absolute Gasteiger partial charge is 0.496 e. The fraction of sp³-hybridized carbons (Fsp3) is 0.375. The van der Waals surface area contributed by atoms with Crippen molar-refractivity contribution in [3.63, 3.8) is 0 Å². The lowest BCUT2D eigenvalue weighted by molar-refractivity contribution is -0.131. The molecule has 1 aromatic rings. The Bertz CT molecular complexity index is 547. The standard InChI is InChI=1S/C16H20N2O3/c1-3-18(10-4-9-17)12-13-5-7-15(21-2)14(11-13)6-8-16(19)20/h5-8,11H,3-4,10,12H2,1-2H3,(H,19,20). The summed E-state index contributed by atoms with van der Waals surface area (Å²) < 4.78 is 5.23. The minimum absolute atomic E-state index is 0.496. The van der Waals surface area contributed by atoms with Crippen molar-refractivity contribution in [1.82, 2.24) is 4.90 Å². The van der Waals surface area contributed by atoms with Gasteiger partial charge < -0.3 is 9.84 Å². The summed E-state index contributed by atoms with van der Waals surface area (Å²) in [5, 5.41) is 17.4. The van der Waals surface area contributed by atoms with Gasteiger partial charge in [0.25, 0.3) is 0 Å². The summed E-state index contributed by atoms with van der Waals surface area (Å²) in [5.41, 5.74) is 1.79. The van der Waals surface area contributed by atoms with Gasteiger partial charge in [0.1, 0.15) is 5.75 Å². The van der Waals surface area contributed by atoms with E-state index in [1.54, 1.807) is 7.11 Å². The van der Waals surface area contributed by atoms with Crippen LogP contribution in [-0.4, -0.2) is 36.2 Å². The zero-order valence-electron chi connectivity index (χ0n) is 12.4. The van der Waals surface area contributed by atoms with Crippen LogP contribution in [0.2, 0.25) is 0 Å². The molecule has 0 heterocycles. The SMILES string of the molecule is CCN(CCC#N)Cc1ccc(OC)c(C=CC(=O)O)c1. The molecule has 0 aliphatic carbocycles. The van der Waals surface area contributed by atoms with E-state index in [4.69, 9.17) is 15.1 Å². The van der Waals surface area contributed by atoms with E-state index in [1.807, 2.05) is 25.1 Å². The Balaban J connectivity index is 2.91. The quantitative estimate of drug-likeness (QED) is 0.744. The van der Waals surface area contributed by atoms with E-state index in [-0.39, 0.29) is 0 Å². The fourth-order valence-corrected chi connectivity index (χ4v) is 1.99. The molecule has 0 spiro atoms. The van der Waals surface area contributed by atoms with Gasteiger partial charge in [0.15, 0.2) is 0 Å². The number of methoxy groups -OCH3 is 1. The maximum atomic E-state index is 10.6. The Morgan fingerprint density at radius 3 is 2.86 bits per heavy atom. The number of hydrogen-bond donors (Lipinski definition) is 1. The average Bonchev–Trinajstić information content (AvgIpc) is 2.49. The Hall–Kier alpha value is -2.32. The molecule has 0 bridgehead atoms. The predicted molar refractivity (Wildman–Crippen MR) is 80.8 cm³/mol. The lowest BCUT2D eigenvalue weighted by atomic mass is 10.1. The average molecular weight is 288 g/mol. The maximum Gasteiger partial charge on any atom is 0.328 e. The lowest BCUT2D eigenvalue weighted by Gasteiger charge is -2.19. The van der Waals surface area contributed by atoms with Gasteiger partial charge in [-0.05, 0) is 30.3 Å². The monoisotopic (exact) mass is 288 g/mol. The highest BCUT2D eigenvalue weighted by molar-refractivity contribution is 5.85. The normalized spacial score (nSPS) is 10.8. The van der Waals surface area contributed by atoms with Crippen LogP contribution < -0.4 is 4.74 Å². The van der Waals surface area contributed by atoms with Crippen molar-refractivity contribution in [1.29, 1.82) is 5.26 Å². The van der Waals surface area contributed by atoms with Crippen LogP contribution in [0.4, 0.5) is 0 Å². The zero-order valence-corrected chi connectivity index (χ0v) is 12.4. The molecule has 1 N–H and O–H groups in total. The first-order chi connectivity index (χ1) is 10.1. The van der Waals surface area contributed by atoms with Crippen LogP contribution >= 0.6 is 0 Å². The van der Waals surface area contributed by atoms with Crippen LogP contribution in [0, 0.1) is 11.3 Å². The van der Waals surface area contributed by atoms with Crippen molar-refractivity contribution >= 4 is 12.0 Å². The van der Waals surface area contributed by atoms with E-state index in [2.05, 4.69) is 11.0 Å². The van der Waals surface area contributed by atoms with Crippen molar-refractivity contribution in [3.05, 3.63) is 35.4 Å². The minimum atomic E-state index is -0.994. The molecule has 0 aromatic heterocycles. The molecule has 0 unspecified atom stereocenters. The van der Waals surface area contributed by atoms with E-state index in [9.17, 15) is 4.79 Å². The van der Waals surface area contributed by atoms with Crippen LogP contribution in [0.25, 0.3) is 6.08 Å². The number of benzene rings is 1. The summed E-state index contributed by atoms with van der Waals surface area (Å²) in [7, 11) is 1.55. The summed E-state index contributed by atoms with van der Waals surface area (Å²) >= 11 is 0. The third-order valence-corrected chi connectivity index (χ3v) is 3.09. The van der Waals surface area contributed by atoms with Crippen LogP contribution in [-0.2, 0) is 11.3 Å². The molecule has 0 atom stereocenters. The molecular weight excluding hydrogens is 268 g/mol. The second-order valence-electron chi connectivity index (χ2n) is 4.52. The highest BCUT2D eigenvalue weighted by Gasteiger charge is 2.07. The van der Waals surface area contributed by atoms with E-state index in [0.29, 0.717) is 12.2 Å². The summed E-state index contributed by atoms with van der Waals surface area (Å²) in [6.45, 7) is 4.34. The van der Waals surface area contributed by atoms with Gasteiger partial charge in [0.2, 0.25) is 0 Å². The molecule has 112 valence electrons. The second-order valence-corrected chi connectivity index (χ2v) is 4.52. The van der Waals surface area contributed by atoms with Gasteiger partial charge >= 0.3 is 5.97 Å². The van der Waals surface area contributed by atoms with Gasteiger partial charge in [0.05, 0.1) is 13.2 Å². The zero-order chi connectivity index (χ0) is 15.7. The number of nitrogens with zero attached hydrogens (tertiary/aromatic N) is 2. The first kappa shape index (κ1) is 16.7. The van der Waals surface area contributed by atoms with Gasteiger partial charge in [0, 0.05) is 31.1 Å². The molecule has 5 heteroatoms. The molecule has 0 aliphatic heterocycles. The van der Waals surface area contributed by atoms with Gasteiger partial charge in [-0.25, -0.2) is 4.79 Å². The van der Waals surface area contributed by atoms with Crippen molar-refractivity contribution in [2.24, 2.45) is 0 Å². The molecular formula is C16H20N2O3. The topological polar surface area (TPSA) is 73.6 Å². The fourth-order valence-electron chi connectivity index (χ4n) is 1.99. The number of aliphatic carboxylic acids is 1. The summed E-state index contributed by atoms with van der Waals surface area (Å²) in [5.74, 6) is -0.358. The summed E-state index contributed by atoms with van der Waals surface area (Å²) in [6.07, 6.45) is 3.11. The maximum absolute atomic E-state index is 10.6. The molecule has 0 fully saturated rings. The summed E-state index contributed by atoms with van der Waals surface area (Å²) in [6, 6.07) is 7.83. The lowest BCUT2D eigenvalue weighted by Crippen LogP contribution is -2.23. The number of carboxylic acids is 1. The first-order valence-corrected chi connectivity index (χ1v) is 6.78. The van der Waals surface area contributed by atoms with Crippen molar-refractivity contribution in [2.45, 2.75) is 19.9 Å². The number of rotatable bonds is 8. The van der Waals surface area contributed by atoms with Gasteiger partial charge in [-0.3, -0.25) is 4.90 Å². The Kier molecular flexibility index (Phi) is 6.99. The Morgan fingerprint density at radius 1 is 1.52 bits per heavy atom. The van der Waals surface area contributed by atoms with E-state index in [0.717, 1.165) is 36.8 Å². The Labute approximate surface area is 125 Å². The second kappa shape index (κ2) is 8.77. The molecule has 0 radical (unpaired) electrons. The van der Waals surface area contributed by atoms with Crippen molar-refractivity contribution in [3.8, 4) is 11.8 Å². The first-order valence-electron chi connectivity index (χ1n) is 6.78. The third-order valence-electron chi connectivity index (χ3n) is 3.09. The van der Waals surface area contributed by atoms with Gasteiger partial charge in [-0.15, -0.1) is 0 Å². The van der Waals surface area contributed by atoms with Crippen LogP contribution in [0.3, 0.4) is 0 Å². The van der Waals surface area contributed by atoms with Gasteiger partial charge in [-0.1, -0.05) is 13.0 Å². The molecule has 1 aromatic carbocycles. The van der Waals surface area contributed by atoms with E-state index in [1.165, 1.54) is 6.08 Å². The van der Waals surface area contributed by atoms with Crippen molar-refractivity contribution < 1.29 is 14.6 Å². The molecule has 1 rings (SSSR count). The molecule has 0 amide bonds. The third kappa shape index (κ3) is 5.67. The van der Waals surface area contributed by atoms with Crippen LogP contribution in [0.1, 0.15) is 24.5 Å². The van der Waals surface area contributed by atoms with E-state index < -0.39 is 5.97 Å².